The monoisotopic (exact) mass is 310 g/mol. The topological polar surface area (TPSA) is 35.5 Å². The average Bonchev–Trinajstić information content (AvgIpc) is 2.36. The predicted molar refractivity (Wildman–Crippen MR) is 90.0 cm³/mol. The fourth-order valence-corrected chi connectivity index (χ4v) is 3.16. The van der Waals surface area contributed by atoms with E-state index in [9.17, 15) is 5.11 Å². The molecule has 1 aliphatic carbocycles. The molecule has 1 fully saturated rings. The molecule has 1 aliphatic rings. The Labute approximate surface area is 133 Å². The number of nitrogens with zero attached hydrogens (tertiary/aromatic N) is 1. The second-order valence-corrected chi connectivity index (χ2v) is 7.09. The Morgan fingerprint density at radius 2 is 2.10 bits per heavy atom. The van der Waals surface area contributed by atoms with E-state index in [0.29, 0.717) is 11.8 Å². The third-order valence-electron chi connectivity index (χ3n) is 4.05. The van der Waals surface area contributed by atoms with E-state index in [0.717, 1.165) is 43.2 Å². The van der Waals surface area contributed by atoms with Gasteiger partial charge in [0.25, 0.3) is 0 Å². The first-order chi connectivity index (χ1) is 9.95. The largest absolute Gasteiger partial charge is 0.393 e. The number of nitrogens with one attached hydrogen (secondary N) is 1. The molecule has 0 heterocycles. The molecule has 2 N–H and O–H groups in total. The van der Waals surface area contributed by atoms with E-state index in [2.05, 4.69) is 49.3 Å². The van der Waals surface area contributed by atoms with Crippen molar-refractivity contribution in [1.29, 1.82) is 0 Å². The summed E-state index contributed by atoms with van der Waals surface area (Å²) in [5, 5.41) is 13.6. The number of rotatable bonds is 7. The quantitative estimate of drug-likeness (QED) is 0.811. The van der Waals surface area contributed by atoms with Crippen molar-refractivity contribution in [3.63, 3.8) is 0 Å². The summed E-state index contributed by atoms with van der Waals surface area (Å²) in [5.41, 5.74) is 2.29. The second-order valence-electron chi connectivity index (χ2n) is 6.68. The van der Waals surface area contributed by atoms with Crippen molar-refractivity contribution >= 4 is 17.3 Å². The molecular weight excluding hydrogens is 284 g/mol. The third-order valence-corrected chi connectivity index (χ3v) is 4.35. The van der Waals surface area contributed by atoms with Crippen molar-refractivity contribution in [2.75, 3.05) is 25.0 Å². The van der Waals surface area contributed by atoms with Gasteiger partial charge in [-0.1, -0.05) is 31.5 Å². The van der Waals surface area contributed by atoms with Gasteiger partial charge in [-0.25, -0.2) is 0 Å². The number of hydrogen-bond donors (Lipinski definition) is 2. The molecule has 0 radical (unpaired) electrons. The van der Waals surface area contributed by atoms with Gasteiger partial charge in [-0.15, -0.1) is 0 Å². The minimum Gasteiger partial charge on any atom is -0.393 e. The van der Waals surface area contributed by atoms with Gasteiger partial charge in [0, 0.05) is 20.1 Å². The molecule has 0 bridgehead atoms. The van der Waals surface area contributed by atoms with Crippen LogP contribution < -0.4 is 10.2 Å². The molecule has 3 nitrogen and oxygen atoms in total. The highest BCUT2D eigenvalue weighted by Crippen LogP contribution is 2.31. The Balaban J connectivity index is 1.88. The van der Waals surface area contributed by atoms with E-state index in [1.165, 1.54) is 5.56 Å². The van der Waals surface area contributed by atoms with Crippen LogP contribution in [0.3, 0.4) is 0 Å². The van der Waals surface area contributed by atoms with E-state index in [1.54, 1.807) is 0 Å². The zero-order valence-corrected chi connectivity index (χ0v) is 14.0. The molecule has 0 unspecified atom stereocenters. The van der Waals surface area contributed by atoms with Gasteiger partial charge < -0.3 is 15.3 Å². The first kappa shape index (κ1) is 16.6. The normalized spacial score (nSPS) is 21.4. The number of hydrogen-bond acceptors (Lipinski definition) is 3. The first-order valence-corrected chi connectivity index (χ1v) is 8.22. The number of halogens is 1. The Morgan fingerprint density at radius 3 is 2.67 bits per heavy atom. The second kappa shape index (κ2) is 7.48. The minimum atomic E-state index is -0.0896. The molecule has 1 aromatic rings. The zero-order valence-electron chi connectivity index (χ0n) is 13.3. The van der Waals surface area contributed by atoms with Gasteiger partial charge in [0.15, 0.2) is 0 Å². The highest BCUT2D eigenvalue weighted by atomic mass is 35.5. The smallest absolute Gasteiger partial charge is 0.0642 e. The average molecular weight is 311 g/mol. The maximum Gasteiger partial charge on any atom is 0.0642 e. The van der Waals surface area contributed by atoms with Crippen molar-refractivity contribution in [2.24, 2.45) is 11.8 Å². The number of anilines is 1. The fourth-order valence-electron chi connectivity index (χ4n) is 2.81. The number of benzene rings is 1. The molecule has 0 atom stereocenters. The van der Waals surface area contributed by atoms with E-state index < -0.39 is 0 Å². The molecule has 1 saturated carbocycles. The molecule has 0 spiro atoms. The van der Waals surface area contributed by atoms with Crippen molar-refractivity contribution in [3.8, 4) is 0 Å². The molecule has 21 heavy (non-hydrogen) atoms. The Kier molecular flexibility index (Phi) is 5.91. The van der Waals surface area contributed by atoms with Gasteiger partial charge in [0.05, 0.1) is 16.8 Å². The van der Waals surface area contributed by atoms with Gasteiger partial charge >= 0.3 is 0 Å². The summed E-state index contributed by atoms with van der Waals surface area (Å²) in [5.74, 6) is 1.25. The third kappa shape index (κ3) is 4.87. The van der Waals surface area contributed by atoms with Gasteiger partial charge in [0.1, 0.15) is 0 Å². The van der Waals surface area contributed by atoms with Gasteiger partial charge in [-0.2, -0.15) is 0 Å². The van der Waals surface area contributed by atoms with Crippen LogP contribution in [0.1, 0.15) is 32.3 Å². The SMILES string of the molecule is CC(C)CNCc1ccc(N(C)CC2CC(O)C2)c(Cl)c1. The van der Waals surface area contributed by atoms with E-state index in [1.807, 2.05) is 0 Å². The molecule has 1 aromatic carbocycles. The molecular formula is C17H27ClN2O. The van der Waals surface area contributed by atoms with E-state index in [-0.39, 0.29) is 6.10 Å². The summed E-state index contributed by atoms with van der Waals surface area (Å²) < 4.78 is 0. The van der Waals surface area contributed by atoms with Crippen LogP contribution in [-0.2, 0) is 6.54 Å². The molecule has 0 aromatic heterocycles. The van der Waals surface area contributed by atoms with Gasteiger partial charge in [-0.3, -0.25) is 0 Å². The Morgan fingerprint density at radius 1 is 1.38 bits per heavy atom. The van der Waals surface area contributed by atoms with Crippen LogP contribution in [-0.4, -0.2) is 31.3 Å². The van der Waals surface area contributed by atoms with Crippen LogP contribution in [0.2, 0.25) is 5.02 Å². The van der Waals surface area contributed by atoms with E-state index in [4.69, 9.17) is 11.6 Å². The highest BCUT2D eigenvalue weighted by Gasteiger charge is 2.28. The van der Waals surface area contributed by atoms with E-state index >= 15 is 0 Å². The van der Waals surface area contributed by atoms with Crippen molar-refractivity contribution < 1.29 is 5.11 Å². The molecule has 0 saturated heterocycles. The lowest BCUT2D eigenvalue weighted by molar-refractivity contribution is 0.0465. The van der Waals surface area contributed by atoms with Crippen LogP contribution in [0.25, 0.3) is 0 Å². The van der Waals surface area contributed by atoms with Crippen LogP contribution in [0.4, 0.5) is 5.69 Å². The summed E-state index contributed by atoms with van der Waals surface area (Å²) in [7, 11) is 2.07. The van der Waals surface area contributed by atoms with Crippen molar-refractivity contribution in [3.05, 3.63) is 28.8 Å². The summed E-state index contributed by atoms with van der Waals surface area (Å²) in [4.78, 5) is 2.20. The molecule has 4 heteroatoms. The molecule has 2 rings (SSSR count). The first-order valence-electron chi connectivity index (χ1n) is 7.84. The maximum atomic E-state index is 9.36. The molecule has 118 valence electrons. The fraction of sp³-hybridized carbons (Fsp3) is 0.647. The number of aliphatic hydroxyl groups excluding tert-OH is 1. The lowest BCUT2D eigenvalue weighted by atomic mass is 9.82. The highest BCUT2D eigenvalue weighted by molar-refractivity contribution is 6.33. The predicted octanol–water partition coefficient (Wildman–Crippen LogP) is 3.29. The molecule has 0 aliphatic heterocycles. The number of aliphatic hydroxyl groups is 1. The maximum absolute atomic E-state index is 9.36. The zero-order chi connectivity index (χ0) is 15.4. The van der Waals surface area contributed by atoms with Gasteiger partial charge in [0.2, 0.25) is 0 Å². The van der Waals surface area contributed by atoms with Crippen LogP contribution in [0, 0.1) is 11.8 Å². The lowest BCUT2D eigenvalue weighted by Crippen LogP contribution is -2.37. The minimum absolute atomic E-state index is 0.0896. The van der Waals surface area contributed by atoms with Gasteiger partial charge in [-0.05, 0) is 48.9 Å². The van der Waals surface area contributed by atoms with Crippen LogP contribution in [0.5, 0.6) is 0 Å². The molecule has 0 amide bonds. The Hall–Kier alpha value is -0.770. The lowest BCUT2D eigenvalue weighted by Gasteiger charge is -2.35. The summed E-state index contributed by atoms with van der Waals surface area (Å²) >= 11 is 6.42. The standard InChI is InChI=1S/C17H27ClN2O/c1-12(2)9-19-10-13-4-5-17(16(18)8-13)20(3)11-14-6-15(21)7-14/h4-5,8,12,14-15,19,21H,6-7,9-11H2,1-3H3. The Bertz CT molecular complexity index is 458. The van der Waals surface area contributed by atoms with Crippen molar-refractivity contribution in [1.82, 2.24) is 5.32 Å². The summed E-state index contributed by atoms with van der Waals surface area (Å²) in [6.45, 7) is 7.24. The van der Waals surface area contributed by atoms with Crippen LogP contribution in [0.15, 0.2) is 18.2 Å². The van der Waals surface area contributed by atoms with Crippen molar-refractivity contribution in [2.45, 2.75) is 39.3 Å². The van der Waals surface area contributed by atoms with Crippen LogP contribution >= 0.6 is 11.6 Å². The summed E-state index contributed by atoms with van der Waals surface area (Å²) in [6.07, 6.45) is 1.74. The summed E-state index contributed by atoms with van der Waals surface area (Å²) in [6, 6.07) is 6.29.